The van der Waals surface area contributed by atoms with Gasteiger partial charge in [0, 0.05) is 31.4 Å². The molecule has 3 rings (SSSR count). The lowest BCUT2D eigenvalue weighted by Crippen LogP contribution is -2.22. The van der Waals surface area contributed by atoms with Gasteiger partial charge in [0.05, 0.1) is 0 Å². The van der Waals surface area contributed by atoms with Crippen molar-refractivity contribution in [1.82, 2.24) is 19.6 Å². The number of nitrogens with zero attached hydrogens (tertiary/aromatic N) is 5. The second kappa shape index (κ2) is 4.14. The van der Waals surface area contributed by atoms with Crippen LogP contribution in [0.2, 0.25) is 0 Å². The van der Waals surface area contributed by atoms with Gasteiger partial charge in [-0.15, -0.1) is 21.8 Å². The Balaban J connectivity index is 2.00. The van der Waals surface area contributed by atoms with Crippen LogP contribution in [0.3, 0.4) is 0 Å². The van der Waals surface area contributed by atoms with E-state index in [1.807, 2.05) is 17.5 Å². The average Bonchev–Trinajstić information content (AvgIpc) is 2.96. The van der Waals surface area contributed by atoms with Crippen molar-refractivity contribution >= 4 is 23.1 Å². The first kappa shape index (κ1) is 10.8. The van der Waals surface area contributed by atoms with E-state index in [-0.39, 0.29) is 0 Å². The van der Waals surface area contributed by atoms with Crippen LogP contribution in [-0.4, -0.2) is 38.6 Å². The highest BCUT2D eigenvalue weighted by Crippen LogP contribution is 2.25. The summed E-state index contributed by atoms with van der Waals surface area (Å²) in [6.45, 7) is 3.90. The molecular weight excluding hydrogens is 238 g/mol. The summed E-state index contributed by atoms with van der Waals surface area (Å²) in [5, 5.41) is 8.28. The molecule has 0 saturated carbocycles. The summed E-state index contributed by atoms with van der Waals surface area (Å²) in [6, 6.07) is 0. The van der Waals surface area contributed by atoms with Crippen LogP contribution in [0.5, 0.6) is 0 Å². The lowest BCUT2D eigenvalue weighted by atomic mass is 10.2. The molecule has 1 aliphatic rings. The molecule has 1 unspecified atom stereocenters. The number of rotatable bonds is 2. The van der Waals surface area contributed by atoms with Gasteiger partial charge in [0.2, 0.25) is 5.65 Å². The van der Waals surface area contributed by atoms with Gasteiger partial charge in [0.1, 0.15) is 5.82 Å². The van der Waals surface area contributed by atoms with E-state index in [9.17, 15) is 0 Å². The minimum absolute atomic E-state index is 0.558. The van der Waals surface area contributed by atoms with Crippen LogP contribution in [0.1, 0.15) is 12.2 Å². The summed E-state index contributed by atoms with van der Waals surface area (Å²) in [5.41, 5.74) is 0.834. The maximum Gasteiger partial charge on any atom is 0.203 e. The maximum absolute atomic E-state index is 5.90. The molecule has 0 amide bonds. The Morgan fingerprint density at radius 1 is 1.47 bits per heavy atom. The molecule has 1 fully saturated rings. The first-order chi connectivity index (χ1) is 8.29. The van der Waals surface area contributed by atoms with E-state index in [4.69, 9.17) is 11.6 Å². The Hall–Kier alpha value is -1.36. The predicted molar refractivity (Wildman–Crippen MR) is 66.6 cm³/mol. The number of hydrogen-bond donors (Lipinski definition) is 0. The fourth-order valence-electron chi connectivity index (χ4n) is 2.30. The Bertz CT molecular complexity index is 538. The molecule has 0 spiro atoms. The third-order valence-electron chi connectivity index (χ3n) is 3.28. The molecule has 0 bridgehead atoms. The first-order valence-corrected chi connectivity index (χ1v) is 6.30. The van der Waals surface area contributed by atoms with E-state index >= 15 is 0 Å². The summed E-state index contributed by atoms with van der Waals surface area (Å²) in [4.78, 5) is 6.68. The van der Waals surface area contributed by atoms with Crippen LogP contribution in [0.4, 0.5) is 5.82 Å². The molecule has 0 aromatic carbocycles. The van der Waals surface area contributed by atoms with Crippen molar-refractivity contribution in [3.63, 3.8) is 0 Å². The normalized spacial score (nSPS) is 20.4. The Labute approximate surface area is 104 Å². The highest BCUT2D eigenvalue weighted by molar-refractivity contribution is 6.18. The number of fused-ring (bicyclic) bond motifs is 1. The van der Waals surface area contributed by atoms with Crippen molar-refractivity contribution in [2.75, 3.05) is 23.9 Å². The van der Waals surface area contributed by atoms with Gasteiger partial charge in [0.15, 0.2) is 5.82 Å². The number of aromatic nitrogens is 4. The maximum atomic E-state index is 5.90. The van der Waals surface area contributed by atoms with Gasteiger partial charge in [-0.3, -0.25) is 4.40 Å². The van der Waals surface area contributed by atoms with Gasteiger partial charge in [-0.1, -0.05) is 0 Å². The molecule has 17 heavy (non-hydrogen) atoms. The van der Waals surface area contributed by atoms with E-state index in [1.54, 1.807) is 6.20 Å². The molecule has 5 nitrogen and oxygen atoms in total. The monoisotopic (exact) mass is 251 g/mol. The van der Waals surface area contributed by atoms with Crippen LogP contribution >= 0.6 is 11.6 Å². The lowest BCUT2D eigenvalue weighted by Gasteiger charge is -2.17. The zero-order valence-electron chi connectivity index (χ0n) is 9.67. The lowest BCUT2D eigenvalue weighted by molar-refractivity contribution is 0.666. The fourth-order valence-corrected chi connectivity index (χ4v) is 2.55. The number of halogens is 1. The Morgan fingerprint density at radius 3 is 3.12 bits per heavy atom. The minimum Gasteiger partial charge on any atom is -0.353 e. The fraction of sp³-hybridized carbons (Fsp3) is 0.545. The van der Waals surface area contributed by atoms with Crippen molar-refractivity contribution in [3.8, 4) is 0 Å². The van der Waals surface area contributed by atoms with Gasteiger partial charge < -0.3 is 4.90 Å². The standard InChI is InChI=1S/C11H14ClN5/c1-8-14-15-11-10(13-3-5-17(8)11)16-4-2-9(6-12)7-16/h3,5,9H,2,4,6-7H2,1H3. The number of hydrogen-bond acceptors (Lipinski definition) is 4. The predicted octanol–water partition coefficient (Wildman–Crippen LogP) is 1.50. The zero-order valence-corrected chi connectivity index (χ0v) is 10.4. The average molecular weight is 252 g/mol. The van der Waals surface area contributed by atoms with Gasteiger partial charge in [-0.25, -0.2) is 4.98 Å². The number of aryl methyl sites for hydroxylation is 1. The summed E-state index contributed by atoms with van der Waals surface area (Å²) in [6.07, 6.45) is 4.81. The van der Waals surface area contributed by atoms with Gasteiger partial charge >= 0.3 is 0 Å². The molecule has 0 aliphatic carbocycles. The largest absolute Gasteiger partial charge is 0.353 e. The summed E-state index contributed by atoms with van der Waals surface area (Å²) < 4.78 is 1.97. The zero-order chi connectivity index (χ0) is 11.8. The van der Waals surface area contributed by atoms with Crippen LogP contribution in [0, 0.1) is 12.8 Å². The van der Waals surface area contributed by atoms with Gasteiger partial charge in [0.25, 0.3) is 0 Å². The molecule has 1 saturated heterocycles. The number of alkyl halides is 1. The summed E-state index contributed by atoms with van der Waals surface area (Å²) in [5.74, 6) is 3.07. The molecule has 1 atom stereocenters. The third-order valence-corrected chi connectivity index (χ3v) is 3.72. The van der Waals surface area contributed by atoms with E-state index in [0.717, 1.165) is 36.8 Å². The molecule has 90 valence electrons. The third kappa shape index (κ3) is 1.74. The second-order valence-corrected chi connectivity index (χ2v) is 4.76. The molecule has 3 heterocycles. The first-order valence-electron chi connectivity index (χ1n) is 5.77. The van der Waals surface area contributed by atoms with Crippen LogP contribution < -0.4 is 4.90 Å². The van der Waals surface area contributed by atoms with Crippen molar-refractivity contribution in [2.45, 2.75) is 13.3 Å². The molecule has 1 aliphatic heterocycles. The molecule has 6 heteroatoms. The van der Waals surface area contributed by atoms with Gasteiger partial charge in [-0.05, 0) is 19.3 Å². The summed E-state index contributed by atoms with van der Waals surface area (Å²) >= 11 is 5.90. The van der Waals surface area contributed by atoms with Crippen molar-refractivity contribution in [2.24, 2.45) is 5.92 Å². The van der Waals surface area contributed by atoms with E-state index in [0.29, 0.717) is 11.8 Å². The van der Waals surface area contributed by atoms with E-state index in [2.05, 4.69) is 20.1 Å². The number of anilines is 1. The van der Waals surface area contributed by atoms with Crippen LogP contribution in [0.15, 0.2) is 12.4 Å². The Morgan fingerprint density at radius 2 is 2.35 bits per heavy atom. The van der Waals surface area contributed by atoms with Crippen molar-refractivity contribution < 1.29 is 0 Å². The van der Waals surface area contributed by atoms with Crippen molar-refractivity contribution in [3.05, 3.63) is 18.2 Å². The smallest absolute Gasteiger partial charge is 0.203 e. The highest BCUT2D eigenvalue weighted by atomic mass is 35.5. The van der Waals surface area contributed by atoms with Crippen LogP contribution in [-0.2, 0) is 0 Å². The topological polar surface area (TPSA) is 46.3 Å². The molecule has 2 aromatic heterocycles. The second-order valence-electron chi connectivity index (χ2n) is 4.45. The SMILES string of the molecule is Cc1nnc2c(N3CCC(CCl)C3)nccn12. The Kier molecular flexibility index (Phi) is 2.63. The molecule has 0 radical (unpaired) electrons. The minimum atomic E-state index is 0.558. The summed E-state index contributed by atoms with van der Waals surface area (Å²) in [7, 11) is 0. The highest BCUT2D eigenvalue weighted by Gasteiger charge is 2.25. The molecular formula is C11H14ClN5. The quantitative estimate of drug-likeness (QED) is 0.759. The molecule has 2 aromatic rings. The van der Waals surface area contributed by atoms with Gasteiger partial charge in [-0.2, -0.15) is 0 Å². The molecule has 0 N–H and O–H groups in total. The van der Waals surface area contributed by atoms with Crippen molar-refractivity contribution in [1.29, 1.82) is 0 Å². The van der Waals surface area contributed by atoms with E-state index in [1.165, 1.54) is 0 Å². The van der Waals surface area contributed by atoms with E-state index < -0.39 is 0 Å². The van der Waals surface area contributed by atoms with Crippen LogP contribution in [0.25, 0.3) is 5.65 Å².